The van der Waals surface area contributed by atoms with E-state index in [-0.39, 0.29) is 16.5 Å². The second-order valence-electron chi connectivity index (χ2n) is 7.11. The van der Waals surface area contributed by atoms with Gasteiger partial charge in [0.2, 0.25) is 5.91 Å². The molecular formula is C19H18N6O3S. The molecule has 2 aromatic heterocycles. The second kappa shape index (κ2) is 6.96. The van der Waals surface area contributed by atoms with Crippen molar-refractivity contribution in [2.75, 3.05) is 41.3 Å². The molecule has 0 unspecified atom stereocenters. The van der Waals surface area contributed by atoms with Crippen LogP contribution in [0.3, 0.4) is 0 Å². The van der Waals surface area contributed by atoms with Crippen molar-refractivity contribution in [1.29, 1.82) is 0 Å². The Hall–Kier alpha value is -3.27. The first kappa shape index (κ1) is 17.8. The maximum absolute atomic E-state index is 11.7. The summed E-state index contributed by atoms with van der Waals surface area (Å²) in [6.45, 7) is 2.65. The number of benzene rings is 1. The number of aryl methyl sites for hydroxylation is 1. The third-order valence-corrected chi connectivity index (χ3v) is 6.27. The molecule has 2 aliphatic heterocycles. The third kappa shape index (κ3) is 3.15. The minimum absolute atomic E-state index is 0.0503. The lowest BCUT2D eigenvalue weighted by Crippen LogP contribution is -2.47. The highest BCUT2D eigenvalue weighted by molar-refractivity contribution is 7.16. The van der Waals surface area contributed by atoms with Gasteiger partial charge in [-0.25, -0.2) is 9.97 Å². The molecule has 1 amide bonds. The Balaban J connectivity index is 1.42. The molecule has 0 atom stereocenters. The molecule has 10 heteroatoms. The van der Waals surface area contributed by atoms with Gasteiger partial charge in [0.25, 0.3) is 5.69 Å². The number of fused-ring (bicyclic) bond motifs is 2. The summed E-state index contributed by atoms with van der Waals surface area (Å²) >= 11 is 1.58. The zero-order valence-corrected chi connectivity index (χ0v) is 16.3. The standard InChI is InChI=1S/C19H18N6O3S/c26-17-2-1-12-9-16(25(27)28)15(10-14(12)22-17)23-4-6-24(7-5-23)18-13-3-8-29-19(13)21-11-20-18/h3,8-11H,1-2,4-7H2,(H,22,26). The van der Waals surface area contributed by atoms with E-state index >= 15 is 0 Å². The Morgan fingerprint density at radius 3 is 2.69 bits per heavy atom. The van der Waals surface area contributed by atoms with Crippen molar-refractivity contribution in [1.82, 2.24) is 9.97 Å². The Morgan fingerprint density at radius 1 is 1.10 bits per heavy atom. The number of nitro groups is 1. The van der Waals surface area contributed by atoms with Crippen LogP contribution in [-0.4, -0.2) is 47.0 Å². The number of amides is 1. The average Bonchev–Trinajstić information content (AvgIpc) is 3.22. The molecule has 1 aromatic carbocycles. The quantitative estimate of drug-likeness (QED) is 0.523. The predicted molar refractivity (Wildman–Crippen MR) is 112 cm³/mol. The van der Waals surface area contributed by atoms with Gasteiger partial charge in [-0.1, -0.05) is 0 Å². The summed E-state index contributed by atoms with van der Waals surface area (Å²) in [4.78, 5) is 37.0. The normalized spacial score (nSPS) is 16.6. The van der Waals surface area contributed by atoms with E-state index in [4.69, 9.17) is 0 Å². The van der Waals surface area contributed by atoms with E-state index < -0.39 is 0 Å². The maximum atomic E-state index is 11.7. The average molecular weight is 410 g/mol. The lowest BCUT2D eigenvalue weighted by molar-refractivity contribution is -0.384. The molecule has 0 bridgehead atoms. The highest BCUT2D eigenvalue weighted by Gasteiger charge is 2.28. The predicted octanol–water partition coefficient (Wildman–Crippen LogP) is 2.81. The van der Waals surface area contributed by atoms with E-state index in [9.17, 15) is 14.9 Å². The fourth-order valence-electron chi connectivity index (χ4n) is 3.99. The van der Waals surface area contributed by atoms with Gasteiger partial charge in [-0.15, -0.1) is 11.3 Å². The molecule has 0 saturated carbocycles. The number of thiophene rings is 1. The van der Waals surface area contributed by atoms with Crippen molar-refractivity contribution in [3.05, 3.63) is 45.6 Å². The molecule has 2 aliphatic rings. The number of hydrogen-bond donors (Lipinski definition) is 1. The largest absolute Gasteiger partial charge is 0.362 e. The smallest absolute Gasteiger partial charge is 0.292 e. The Kier molecular flexibility index (Phi) is 4.27. The molecule has 3 aromatic rings. The van der Waals surface area contributed by atoms with Crippen molar-refractivity contribution in [3.63, 3.8) is 0 Å². The van der Waals surface area contributed by atoms with E-state index in [2.05, 4.69) is 20.2 Å². The van der Waals surface area contributed by atoms with Gasteiger partial charge in [-0.05, 0) is 29.5 Å². The summed E-state index contributed by atoms with van der Waals surface area (Å²) in [5.41, 5.74) is 2.15. The number of carbonyl (C=O) groups excluding carboxylic acids is 1. The van der Waals surface area contributed by atoms with E-state index in [0.717, 1.165) is 21.6 Å². The Bertz CT molecular complexity index is 1120. The van der Waals surface area contributed by atoms with Crippen LogP contribution in [0.25, 0.3) is 10.2 Å². The molecule has 5 rings (SSSR count). The number of nitro benzene ring substituents is 1. The fraction of sp³-hybridized carbons (Fsp3) is 0.316. The fourth-order valence-corrected chi connectivity index (χ4v) is 4.72. The van der Waals surface area contributed by atoms with Crippen molar-refractivity contribution in [2.24, 2.45) is 0 Å². The molecule has 0 spiro atoms. The minimum atomic E-state index is -0.336. The van der Waals surface area contributed by atoms with Crippen LogP contribution in [-0.2, 0) is 11.2 Å². The van der Waals surface area contributed by atoms with E-state index in [1.165, 1.54) is 0 Å². The van der Waals surface area contributed by atoms with Crippen LogP contribution in [0.15, 0.2) is 29.9 Å². The minimum Gasteiger partial charge on any atom is -0.362 e. The second-order valence-corrected chi connectivity index (χ2v) is 8.01. The summed E-state index contributed by atoms with van der Waals surface area (Å²) in [5.74, 6) is 0.855. The number of nitrogens with zero attached hydrogens (tertiary/aromatic N) is 5. The van der Waals surface area contributed by atoms with Crippen LogP contribution in [0.4, 0.5) is 22.9 Å². The molecule has 148 valence electrons. The number of anilines is 3. The van der Waals surface area contributed by atoms with Gasteiger partial charge >= 0.3 is 0 Å². The molecule has 0 aliphatic carbocycles. The first-order valence-electron chi connectivity index (χ1n) is 9.39. The van der Waals surface area contributed by atoms with E-state index in [0.29, 0.717) is 50.4 Å². The van der Waals surface area contributed by atoms with Crippen molar-refractivity contribution >= 4 is 50.3 Å². The molecule has 1 saturated heterocycles. The summed E-state index contributed by atoms with van der Waals surface area (Å²) in [6.07, 6.45) is 2.47. The molecule has 1 fully saturated rings. The molecule has 9 nitrogen and oxygen atoms in total. The van der Waals surface area contributed by atoms with Crippen molar-refractivity contribution in [2.45, 2.75) is 12.8 Å². The van der Waals surface area contributed by atoms with Crippen LogP contribution in [0.5, 0.6) is 0 Å². The van der Waals surface area contributed by atoms with Gasteiger partial charge in [0.1, 0.15) is 22.7 Å². The molecular weight excluding hydrogens is 392 g/mol. The van der Waals surface area contributed by atoms with Crippen LogP contribution in [0.1, 0.15) is 12.0 Å². The van der Waals surface area contributed by atoms with E-state index in [1.807, 2.05) is 16.3 Å². The summed E-state index contributed by atoms with van der Waals surface area (Å²) < 4.78 is 0. The summed E-state index contributed by atoms with van der Waals surface area (Å²) in [6, 6.07) is 5.39. The topological polar surface area (TPSA) is 104 Å². The van der Waals surface area contributed by atoms with Gasteiger partial charge in [0.05, 0.1) is 10.3 Å². The Labute approximate surface area is 170 Å². The zero-order chi connectivity index (χ0) is 20.0. The van der Waals surface area contributed by atoms with E-state index in [1.54, 1.807) is 29.8 Å². The Morgan fingerprint density at radius 2 is 1.90 bits per heavy atom. The summed E-state index contributed by atoms with van der Waals surface area (Å²) in [7, 11) is 0. The van der Waals surface area contributed by atoms with Gasteiger partial charge in [0, 0.05) is 44.4 Å². The highest BCUT2D eigenvalue weighted by atomic mass is 32.1. The SMILES string of the molecule is O=C1CCc2cc([N+](=O)[O-])c(N3CCN(c4ncnc5sccc45)CC3)cc2N1. The maximum Gasteiger partial charge on any atom is 0.292 e. The molecule has 29 heavy (non-hydrogen) atoms. The zero-order valence-electron chi connectivity index (χ0n) is 15.5. The highest BCUT2D eigenvalue weighted by Crippen LogP contribution is 2.37. The van der Waals surface area contributed by atoms with Crippen LogP contribution in [0.2, 0.25) is 0 Å². The molecule has 0 radical (unpaired) electrons. The van der Waals surface area contributed by atoms with Crippen molar-refractivity contribution < 1.29 is 9.72 Å². The monoisotopic (exact) mass is 410 g/mol. The number of nitrogens with one attached hydrogen (secondary N) is 1. The van der Waals surface area contributed by atoms with Gasteiger partial charge in [0.15, 0.2) is 0 Å². The summed E-state index contributed by atoms with van der Waals surface area (Å²) in [5, 5.41) is 17.6. The third-order valence-electron chi connectivity index (χ3n) is 5.45. The number of carbonyl (C=O) groups is 1. The lowest BCUT2D eigenvalue weighted by Gasteiger charge is -2.37. The number of aromatic nitrogens is 2. The van der Waals surface area contributed by atoms with Crippen molar-refractivity contribution in [3.8, 4) is 0 Å². The van der Waals surface area contributed by atoms with Crippen LogP contribution < -0.4 is 15.1 Å². The first-order chi connectivity index (χ1) is 14.1. The number of hydrogen-bond acceptors (Lipinski definition) is 8. The van der Waals surface area contributed by atoms with Gasteiger partial charge in [-0.3, -0.25) is 14.9 Å². The number of rotatable bonds is 3. The van der Waals surface area contributed by atoms with Gasteiger partial charge < -0.3 is 15.1 Å². The number of piperazine rings is 1. The molecule has 4 heterocycles. The lowest BCUT2D eigenvalue weighted by atomic mass is 10.0. The van der Waals surface area contributed by atoms with Gasteiger partial charge in [-0.2, -0.15) is 0 Å². The van der Waals surface area contributed by atoms with Crippen LogP contribution >= 0.6 is 11.3 Å². The molecule has 1 N–H and O–H groups in total. The first-order valence-corrected chi connectivity index (χ1v) is 10.3. The van der Waals surface area contributed by atoms with Crippen LogP contribution in [0, 0.1) is 10.1 Å².